The summed E-state index contributed by atoms with van der Waals surface area (Å²) < 4.78 is 0. The van der Waals surface area contributed by atoms with Gasteiger partial charge in [0.1, 0.15) is 0 Å². The van der Waals surface area contributed by atoms with Crippen LogP contribution in [-0.4, -0.2) is 17.2 Å². The Hall–Kier alpha value is -1.57. The molecular formula is C10H9NO. The Labute approximate surface area is 71.2 Å². The van der Waals surface area contributed by atoms with Gasteiger partial charge < -0.3 is 4.90 Å². The Morgan fingerprint density at radius 3 is 3.08 bits per heavy atom. The summed E-state index contributed by atoms with van der Waals surface area (Å²) in [6, 6.07) is 0. The molecule has 0 aromatic heterocycles. The summed E-state index contributed by atoms with van der Waals surface area (Å²) in [5, 5.41) is 0. The number of ketones is 1. The van der Waals surface area contributed by atoms with Crippen molar-refractivity contribution in [3.63, 3.8) is 0 Å². The Morgan fingerprint density at radius 1 is 1.25 bits per heavy atom. The number of nitrogens with zero attached hydrogens (tertiary/aromatic N) is 1. The van der Waals surface area contributed by atoms with Gasteiger partial charge in [0.15, 0.2) is 5.78 Å². The van der Waals surface area contributed by atoms with E-state index in [-0.39, 0.29) is 5.78 Å². The molecule has 0 spiro atoms. The summed E-state index contributed by atoms with van der Waals surface area (Å²) in [4.78, 5) is 13.1. The summed E-state index contributed by atoms with van der Waals surface area (Å²) in [6.45, 7) is 0.776. The standard InChI is InChI=1S/C10H9NO/c12-10-5-3-7-11-6-2-1-4-9(11)8-10/h1-6,8H,7H2. The number of hydrogen-bond acceptors (Lipinski definition) is 2. The van der Waals surface area contributed by atoms with Crippen molar-refractivity contribution in [3.8, 4) is 0 Å². The Balaban J connectivity index is 2.36. The third-order valence-corrected chi connectivity index (χ3v) is 1.85. The molecule has 2 aliphatic heterocycles. The fraction of sp³-hybridized carbons (Fsp3) is 0.100. The van der Waals surface area contributed by atoms with Crippen molar-refractivity contribution >= 4 is 5.78 Å². The van der Waals surface area contributed by atoms with Crippen LogP contribution in [0.25, 0.3) is 0 Å². The number of hydrogen-bond donors (Lipinski definition) is 0. The summed E-state index contributed by atoms with van der Waals surface area (Å²) >= 11 is 0. The van der Waals surface area contributed by atoms with Crippen LogP contribution in [0.4, 0.5) is 0 Å². The molecule has 0 atom stereocenters. The van der Waals surface area contributed by atoms with Gasteiger partial charge >= 0.3 is 0 Å². The van der Waals surface area contributed by atoms with Crippen molar-refractivity contribution < 1.29 is 4.79 Å². The largest absolute Gasteiger partial charge is 0.344 e. The molecule has 0 amide bonds. The summed E-state index contributed by atoms with van der Waals surface area (Å²) in [5.74, 6) is 0.0625. The Morgan fingerprint density at radius 2 is 2.17 bits per heavy atom. The van der Waals surface area contributed by atoms with Crippen LogP contribution in [0.1, 0.15) is 0 Å². The molecule has 12 heavy (non-hydrogen) atoms. The van der Waals surface area contributed by atoms with E-state index in [1.54, 1.807) is 12.2 Å². The summed E-state index contributed by atoms with van der Waals surface area (Å²) in [5.41, 5.74) is 0.965. The molecule has 0 N–H and O–H groups in total. The highest BCUT2D eigenvalue weighted by Gasteiger charge is 2.08. The van der Waals surface area contributed by atoms with E-state index in [1.165, 1.54) is 0 Å². The van der Waals surface area contributed by atoms with E-state index < -0.39 is 0 Å². The predicted molar refractivity (Wildman–Crippen MR) is 47.2 cm³/mol. The molecule has 0 aliphatic carbocycles. The number of rotatable bonds is 0. The van der Waals surface area contributed by atoms with Gasteiger partial charge in [-0.1, -0.05) is 12.2 Å². The van der Waals surface area contributed by atoms with Gasteiger partial charge in [-0.3, -0.25) is 4.79 Å². The quantitative estimate of drug-likeness (QED) is 0.532. The van der Waals surface area contributed by atoms with Crippen molar-refractivity contribution in [1.29, 1.82) is 0 Å². The third kappa shape index (κ3) is 1.23. The van der Waals surface area contributed by atoms with Crippen LogP contribution in [0.5, 0.6) is 0 Å². The molecule has 2 aliphatic rings. The van der Waals surface area contributed by atoms with Crippen LogP contribution < -0.4 is 0 Å². The lowest BCUT2D eigenvalue weighted by Gasteiger charge is -2.20. The molecule has 60 valence electrons. The second-order valence-corrected chi connectivity index (χ2v) is 2.73. The number of carbonyl (C=O) groups is 1. The predicted octanol–water partition coefficient (Wildman–Crippen LogP) is 1.39. The molecule has 0 fully saturated rings. The molecule has 0 unspecified atom stereocenters. The fourth-order valence-electron chi connectivity index (χ4n) is 1.26. The molecule has 2 rings (SSSR count). The van der Waals surface area contributed by atoms with Crippen molar-refractivity contribution in [1.82, 2.24) is 4.90 Å². The van der Waals surface area contributed by atoms with Crippen LogP contribution in [0.2, 0.25) is 0 Å². The molecule has 0 aromatic carbocycles. The van der Waals surface area contributed by atoms with E-state index in [4.69, 9.17) is 0 Å². The maximum absolute atomic E-state index is 11.1. The minimum Gasteiger partial charge on any atom is -0.344 e. The van der Waals surface area contributed by atoms with Crippen molar-refractivity contribution in [2.45, 2.75) is 0 Å². The summed E-state index contributed by atoms with van der Waals surface area (Å²) in [7, 11) is 0. The first-order valence-corrected chi connectivity index (χ1v) is 3.90. The molecule has 2 heterocycles. The second-order valence-electron chi connectivity index (χ2n) is 2.73. The summed E-state index contributed by atoms with van der Waals surface area (Å²) in [6.07, 6.45) is 12.9. The van der Waals surface area contributed by atoms with Crippen LogP contribution in [0, 0.1) is 0 Å². The third-order valence-electron chi connectivity index (χ3n) is 1.85. The van der Waals surface area contributed by atoms with Gasteiger partial charge in [-0.15, -0.1) is 0 Å². The molecule has 0 saturated heterocycles. The molecule has 2 heteroatoms. The lowest BCUT2D eigenvalue weighted by atomic mass is 10.2. The average Bonchev–Trinajstić information content (AvgIpc) is 2.25. The van der Waals surface area contributed by atoms with Crippen molar-refractivity contribution in [2.24, 2.45) is 0 Å². The van der Waals surface area contributed by atoms with E-state index in [1.807, 2.05) is 35.4 Å². The molecular weight excluding hydrogens is 150 g/mol. The zero-order chi connectivity index (χ0) is 8.39. The molecule has 2 nitrogen and oxygen atoms in total. The highest BCUT2D eigenvalue weighted by molar-refractivity contribution is 6.00. The van der Waals surface area contributed by atoms with E-state index in [9.17, 15) is 4.79 Å². The highest BCUT2D eigenvalue weighted by Crippen LogP contribution is 2.14. The average molecular weight is 159 g/mol. The fourth-order valence-corrected chi connectivity index (χ4v) is 1.26. The van der Waals surface area contributed by atoms with E-state index in [0.29, 0.717) is 0 Å². The van der Waals surface area contributed by atoms with E-state index in [2.05, 4.69) is 0 Å². The van der Waals surface area contributed by atoms with E-state index >= 15 is 0 Å². The first-order chi connectivity index (χ1) is 5.86. The smallest absolute Gasteiger partial charge is 0.180 e. The van der Waals surface area contributed by atoms with Crippen LogP contribution in [0.15, 0.2) is 48.4 Å². The Bertz CT molecular complexity index is 321. The van der Waals surface area contributed by atoms with Gasteiger partial charge in [-0.05, 0) is 18.2 Å². The van der Waals surface area contributed by atoms with Gasteiger partial charge in [0.2, 0.25) is 0 Å². The van der Waals surface area contributed by atoms with Crippen LogP contribution in [0.3, 0.4) is 0 Å². The molecule has 0 radical (unpaired) electrons. The lowest BCUT2D eigenvalue weighted by molar-refractivity contribution is -0.110. The maximum atomic E-state index is 11.1. The van der Waals surface area contributed by atoms with Gasteiger partial charge in [0.25, 0.3) is 0 Å². The molecule has 0 saturated carbocycles. The number of carbonyl (C=O) groups excluding carboxylic acids is 1. The lowest BCUT2D eigenvalue weighted by Crippen LogP contribution is -2.16. The number of allylic oxidation sites excluding steroid dienone is 5. The van der Waals surface area contributed by atoms with Crippen molar-refractivity contribution in [3.05, 3.63) is 48.4 Å². The zero-order valence-corrected chi connectivity index (χ0v) is 6.60. The van der Waals surface area contributed by atoms with Gasteiger partial charge in [-0.25, -0.2) is 0 Å². The molecule has 0 aromatic rings. The van der Waals surface area contributed by atoms with Crippen molar-refractivity contribution in [2.75, 3.05) is 6.54 Å². The normalized spacial score (nSPS) is 20.5. The van der Waals surface area contributed by atoms with Crippen LogP contribution >= 0.6 is 0 Å². The first kappa shape index (κ1) is 7.10. The van der Waals surface area contributed by atoms with Crippen LogP contribution in [-0.2, 0) is 4.79 Å². The topological polar surface area (TPSA) is 20.3 Å². The van der Waals surface area contributed by atoms with Gasteiger partial charge in [-0.2, -0.15) is 0 Å². The Kier molecular flexibility index (Phi) is 1.67. The minimum absolute atomic E-state index is 0.0625. The second kappa shape index (κ2) is 2.81. The molecule has 0 bridgehead atoms. The van der Waals surface area contributed by atoms with Gasteiger partial charge in [0, 0.05) is 24.5 Å². The zero-order valence-electron chi connectivity index (χ0n) is 6.60. The van der Waals surface area contributed by atoms with E-state index in [0.717, 1.165) is 12.2 Å². The number of fused-ring (bicyclic) bond motifs is 1. The van der Waals surface area contributed by atoms with Gasteiger partial charge in [0.05, 0.1) is 0 Å². The SMILES string of the molecule is O=C1C=CCN2C=CC=CC2=C1. The highest BCUT2D eigenvalue weighted by atomic mass is 16.1. The maximum Gasteiger partial charge on any atom is 0.180 e. The minimum atomic E-state index is 0.0625. The monoisotopic (exact) mass is 159 g/mol. The first-order valence-electron chi connectivity index (χ1n) is 3.90.